The first-order valence-electron chi connectivity index (χ1n) is 4.02. The van der Waals surface area contributed by atoms with Gasteiger partial charge in [0.2, 0.25) is 0 Å². The average molecular weight is 283 g/mol. The summed E-state index contributed by atoms with van der Waals surface area (Å²) >= 11 is 8.94. The van der Waals surface area contributed by atoms with Crippen LogP contribution in [0.1, 0.15) is 6.92 Å². The highest BCUT2D eigenvalue weighted by Crippen LogP contribution is 2.33. The number of anilines is 1. The summed E-state index contributed by atoms with van der Waals surface area (Å²) in [5.41, 5.74) is 5.94. The van der Waals surface area contributed by atoms with Crippen LogP contribution in [0, 0.1) is 5.82 Å². The summed E-state index contributed by atoms with van der Waals surface area (Å²) < 4.78 is 18.4. The number of benzene rings is 1. The van der Waals surface area contributed by atoms with Gasteiger partial charge in [-0.25, -0.2) is 4.39 Å². The minimum atomic E-state index is -0.530. The van der Waals surface area contributed by atoms with Crippen LogP contribution >= 0.6 is 27.5 Å². The Hall–Kier alpha value is -0.480. The highest BCUT2D eigenvalue weighted by atomic mass is 79.9. The Morgan fingerprint density at radius 3 is 2.86 bits per heavy atom. The van der Waals surface area contributed by atoms with Gasteiger partial charge in [-0.1, -0.05) is 27.5 Å². The molecule has 78 valence electrons. The number of hydrogen-bond acceptors (Lipinski definition) is 2. The third-order valence-corrected chi connectivity index (χ3v) is 2.88. The summed E-state index contributed by atoms with van der Waals surface area (Å²) in [6, 6.07) is 2.64. The summed E-state index contributed by atoms with van der Waals surface area (Å²) in [7, 11) is 0. The SMILES string of the molecule is C[C@@H](CBr)Oc1c(N)ccc(F)c1Cl. The van der Waals surface area contributed by atoms with Crippen molar-refractivity contribution in [1.82, 2.24) is 0 Å². The molecular weight excluding hydrogens is 272 g/mol. The lowest BCUT2D eigenvalue weighted by atomic mass is 10.3. The second-order valence-electron chi connectivity index (χ2n) is 2.86. The van der Waals surface area contributed by atoms with E-state index in [0.717, 1.165) is 0 Å². The maximum absolute atomic E-state index is 13.0. The van der Waals surface area contributed by atoms with E-state index >= 15 is 0 Å². The van der Waals surface area contributed by atoms with Crippen molar-refractivity contribution in [2.75, 3.05) is 11.1 Å². The first-order valence-corrected chi connectivity index (χ1v) is 5.52. The van der Waals surface area contributed by atoms with Crippen molar-refractivity contribution in [3.05, 3.63) is 23.0 Å². The van der Waals surface area contributed by atoms with Crippen LogP contribution in [0.4, 0.5) is 10.1 Å². The normalized spacial score (nSPS) is 12.6. The van der Waals surface area contributed by atoms with Crippen molar-refractivity contribution in [2.45, 2.75) is 13.0 Å². The molecule has 1 atom stereocenters. The lowest BCUT2D eigenvalue weighted by Crippen LogP contribution is -2.14. The molecule has 0 aliphatic rings. The van der Waals surface area contributed by atoms with Crippen molar-refractivity contribution < 1.29 is 9.13 Å². The molecule has 0 unspecified atom stereocenters. The van der Waals surface area contributed by atoms with Crippen LogP contribution in [0.3, 0.4) is 0 Å². The molecule has 0 spiro atoms. The molecule has 0 bridgehead atoms. The molecule has 0 amide bonds. The minimum absolute atomic E-state index is 0.0715. The quantitative estimate of drug-likeness (QED) is 0.682. The molecular formula is C9H10BrClFNO. The summed E-state index contributed by atoms with van der Waals surface area (Å²) in [5.74, 6) is -0.323. The fourth-order valence-electron chi connectivity index (χ4n) is 0.899. The molecule has 1 aromatic rings. The van der Waals surface area contributed by atoms with Gasteiger partial charge in [0.25, 0.3) is 0 Å². The zero-order valence-corrected chi connectivity index (χ0v) is 9.90. The molecule has 0 fully saturated rings. The zero-order chi connectivity index (χ0) is 10.7. The number of alkyl halides is 1. The molecule has 1 rings (SSSR count). The zero-order valence-electron chi connectivity index (χ0n) is 7.56. The van der Waals surface area contributed by atoms with Gasteiger partial charge in [-0.3, -0.25) is 0 Å². The van der Waals surface area contributed by atoms with E-state index in [1.54, 1.807) is 0 Å². The second kappa shape index (κ2) is 4.84. The van der Waals surface area contributed by atoms with Crippen LogP contribution in [0.5, 0.6) is 5.75 Å². The Morgan fingerprint density at radius 1 is 1.64 bits per heavy atom. The maximum atomic E-state index is 13.0. The second-order valence-corrected chi connectivity index (χ2v) is 3.89. The van der Waals surface area contributed by atoms with E-state index in [1.807, 2.05) is 6.92 Å². The van der Waals surface area contributed by atoms with Crippen molar-refractivity contribution in [2.24, 2.45) is 0 Å². The van der Waals surface area contributed by atoms with Gasteiger partial charge in [0, 0.05) is 5.33 Å². The summed E-state index contributed by atoms with van der Waals surface area (Å²) in [4.78, 5) is 0. The molecule has 0 aromatic heterocycles. The van der Waals surface area contributed by atoms with E-state index in [4.69, 9.17) is 22.1 Å². The Kier molecular flexibility index (Phi) is 4.01. The standard InChI is InChI=1S/C9H10BrClFNO/c1-5(4-10)14-9-7(13)3-2-6(12)8(9)11/h2-3,5H,4,13H2,1H3/t5-/m0/s1. The van der Waals surface area contributed by atoms with Crippen molar-refractivity contribution in [1.29, 1.82) is 0 Å². The molecule has 0 saturated heterocycles. The van der Waals surface area contributed by atoms with Crippen molar-refractivity contribution in [3.63, 3.8) is 0 Å². The molecule has 5 heteroatoms. The van der Waals surface area contributed by atoms with Gasteiger partial charge in [-0.2, -0.15) is 0 Å². The molecule has 1 aromatic carbocycles. The molecule has 2 nitrogen and oxygen atoms in total. The Balaban J connectivity index is 3.00. The maximum Gasteiger partial charge on any atom is 0.164 e. The molecule has 0 aliphatic heterocycles. The number of nitrogens with two attached hydrogens (primary N) is 1. The first-order chi connectivity index (χ1) is 6.56. The largest absolute Gasteiger partial charge is 0.486 e. The van der Waals surface area contributed by atoms with E-state index in [-0.39, 0.29) is 16.9 Å². The Morgan fingerprint density at radius 2 is 2.29 bits per heavy atom. The number of nitrogen functional groups attached to an aromatic ring is 1. The molecule has 2 N–H and O–H groups in total. The predicted octanol–water partition coefficient (Wildman–Crippen LogP) is 3.22. The Bertz CT molecular complexity index is 335. The van der Waals surface area contributed by atoms with Crippen LogP contribution in [0.15, 0.2) is 12.1 Å². The fraction of sp³-hybridized carbons (Fsp3) is 0.333. The van der Waals surface area contributed by atoms with E-state index in [2.05, 4.69) is 15.9 Å². The highest BCUT2D eigenvalue weighted by Gasteiger charge is 2.13. The summed E-state index contributed by atoms with van der Waals surface area (Å²) in [5, 5.41) is 0.553. The van der Waals surface area contributed by atoms with E-state index in [1.165, 1.54) is 12.1 Å². The predicted molar refractivity (Wildman–Crippen MR) is 59.7 cm³/mol. The minimum Gasteiger partial charge on any atom is -0.486 e. The van der Waals surface area contributed by atoms with Crippen LogP contribution in [0.25, 0.3) is 0 Å². The van der Waals surface area contributed by atoms with Crippen molar-refractivity contribution in [3.8, 4) is 5.75 Å². The average Bonchev–Trinajstić information content (AvgIpc) is 2.18. The van der Waals surface area contributed by atoms with Gasteiger partial charge in [-0.05, 0) is 19.1 Å². The lowest BCUT2D eigenvalue weighted by molar-refractivity contribution is 0.249. The third-order valence-electron chi connectivity index (χ3n) is 1.62. The highest BCUT2D eigenvalue weighted by molar-refractivity contribution is 9.09. The number of halogens is 3. The van der Waals surface area contributed by atoms with Crippen LogP contribution in [-0.4, -0.2) is 11.4 Å². The van der Waals surface area contributed by atoms with Crippen LogP contribution < -0.4 is 10.5 Å². The monoisotopic (exact) mass is 281 g/mol. The van der Waals surface area contributed by atoms with E-state index < -0.39 is 5.82 Å². The summed E-state index contributed by atoms with van der Waals surface area (Å²) in [6.45, 7) is 1.83. The van der Waals surface area contributed by atoms with E-state index in [0.29, 0.717) is 11.0 Å². The molecule has 14 heavy (non-hydrogen) atoms. The van der Waals surface area contributed by atoms with Gasteiger partial charge in [0.05, 0.1) is 5.69 Å². The van der Waals surface area contributed by atoms with Gasteiger partial charge in [0.1, 0.15) is 16.9 Å². The molecule has 0 radical (unpaired) electrons. The van der Waals surface area contributed by atoms with E-state index in [9.17, 15) is 4.39 Å². The fourth-order valence-corrected chi connectivity index (χ4v) is 1.25. The van der Waals surface area contributed by atoms with Gasteiger partial charge in [0.15, 0.2) is 5.75 Å². The third kappa shape index (κ3) is 2.51. The lowest BCUT2D eigenvalue weighted by Gasteiger charge is -2.15. The molecule has 0 aliphatic carbocycles. The van der Waals surface area contributed by atoms with Gasteiger partial charge < -0.3 is 10.5 Å². The smallest absolute Gasteiger partial charge is 0.164 e. The van der Waals surface area contributed by atoms with Gasteiger partial charge >= 0.3 is 0 Å². The summed E-state index contributed by atoms with van der Waals surface area (Å²) in [6.07, 6.45) is -0.114. The number of rotatable bonds is 3. The number of hydrogen-bond donors (Lipinski definition) is 1. The first kappa shape index (κ1) is 11.6. The molecule has 0 heterocycles. The van der Waals surface area contributed by atoms with Gasteiger partial charge in [-0.15, -0.1) is 0 Å². The number of ether oxygens (including phenoxy) is 1. The van der Waals surface area contributed by atoms with Crippen LogP contribution in [-0.2, 0) is 0 Å². The molecule has 0 saturated carbocycles. The Labute approximate surface area is 95.3 Å². The van der Waals surface area contributed by atoms with Crippen LogP contribution in [0.2, 0.25) is 5.02 Å². The topological polar surface area (TPSA) is 35.2 Å². The van der Waals surface area contributed by atoms with Crippen molar-refractivity contribution >= 4 is 33.2 Å².